The van der Waals surface area contributed by atoms with Gasteiger partial charge in [0.05, 0.1) is 12.1 Å². The monoisotopic (exact) mass is 326 g/mol. The predicted octanol–water partition coefficient (Wildman–Crippen LogP) is 3.28. The molecule has 23 heavy (non-hydrogen) atoms. The van der Waals surface area contributed by atoms with Crippen LogP contribution in [0.5, 0.6) is 0 Å². The minimum absolute atomic E-state index is 0.179. The van der Waals surface area contributed by atoms with E-state index in [9.17, 15) is 4.79 Å². The summed E-state index contributed by atoms with van der Waals surface area (Å²) in [5, 5.41) is 0. The summed E-state index contributed by atoms with van der Waals surface area (Å²) in [6.45, 7) is 13.7. The zero-order valence-corrected chi connectivity index (χ0v) is 15.4. The SMILES string of the molecule is CCC1(OCCCN2CCCC2)CCN(C(=O)OC(C)(C)C)C1. The molecule has 0 bridgehead atoms. The van der Waals surface area contributed by atoms with Gasteiger partial charge in [-0.15, -0.1) is 0 Å². The quantitative estimate of drug-likeness (QED) is 0.703. The van der Waals surface area contributed by atoms with Crippen LogP contribution in [-0.2, 0) is 9.47 Å². The molecule has 2 aliphatic heterocycles. The molecule has 0 aromatic heterocycles. The van der Waals surface area contributed by atoms with Crippen LogP contribution in [0.15, 0.2) is 0 Å². The van der Waals surface area contributed by atoms with E-state index in [1.807, 2.05) is 20.8 Å². The molecule has 0 N–H and O–H groups in total. The third kappa shape index (κ3) is 5.64. The van der Waals surface area contributed by atoms with Gasteiger partial charge in [0, 0.05) is 19.7 Å². The van der Waals surface area contributed by atoms with Crippen LogP contribution in [0.2, 0.25) is 0 Å². The number of hydrogen-bond donors (Lipinski definition) is 0. The molecule has 2 aliphatic rings. The van der Waals surface area contributed by atoms with Crippen LogP contribution in [0.4, 0.5) is 4.79 Å². The van der Waals surface area contributed by atoms with Gasteiger partial charge >= 0.3 is 6.09 Å². The van der Waals surface area contributed by atoms with E-state index in [0.29, 0.717) is 6.54 Å². The number of nitrogens with zero attached hydrogens (tertiary/aromatic N) is 2. The molecule has 1 amide bonds. The van der Waals surface area contributed by atoms with Crippen LogP contribution in [-0.4, -0.2) is 66.4 Å². The van der Waals surface area contributed by atoms with Gasteiger partial charge in [-0.25, -0.2) is 4.79 Å². The number of likely N-dealkylation sites (tertiary alicyclic amines) is 2. The Labute approximate surface area is 141 Å². The molecule has 5 nitrogen and oxygen atoms in total. The zero-order chi connectivity index (χ0) is 16.9. The predicted molar refractivity (Wildman–Crippen MR) is 91.7 cm³/mol. The van der Waals surface area contributed by atoms with Crippen LogP contribution in [0, 0.1) is 0 Å². The third-order valence-electron chi connectivity index (χ3n) is 4.84. The molecular formula is C18H34N2O3. The lowest BCUT2D eigenvalue weighted by Gasteiger charge is -2.30. The highest BCUT2D eigenvalue weighted by Crippen LogP contribution is 2.30. The highest BCUT2D eigenvalue weighted by molar-refractivity contribution is 5.68. The molecule has 2 saturated heterocycles. The van der Waals surface area contributed by atoms with Crippen LogP contribution >= 0.6 is 0 Å². The summed E-state index contributed by atoms with van der Waals surface area (Å²) >= 11 is 0. The smallest absolute Gasteiger partial charge is 0.410 e. The number of carbonyl (C=O) groups excluding carboxylic acids is 1. The van der Waals surface area contributed by atoms with Gasteiger partial charge < -0.3 is 19.3 Å². The molecule has 1 atom stereocenters. The average Bonchev–Trinajstić information content (AvgIpc) is 3.12. The zero-order valence-electron chi connectivity index (χ0n) is 15.4. The van der Waals surface area contributed by atoms with E-state index in [1.54, 1.807) is 4.90 Å². The topological polar surface area (TPSA) is 42.0 Å². The summed E-state index contributed by atoms with van der Waals surface area (Å²) in [5.41, 5.74) is -0.618. The Bertz CT molecular complexity index is 388. The first-order valence-electron chi connectivity index (χ1n) is 9.18. The van der Waals surface area contributed by atoms with E-state index in [4.69, 9.17) is 9.47 Å². The average molecular weight is 326 g/mol. The Kier molecular flexibility index (Phi) is 6.32. The van der Waals surface area contributed by atoms with Crippen molar-refractivity contribution in [1.82, 2.24) is 9.80 Å². The first-order chi connectivity index (χ1) is 10.8. The van der Waals surface area contributed by atoms with Gasteiger partial charge in [-0.3, -0.25) is 0 Å². The normalized spacial score (nSPS) is 26.0. The van der Waals surface area contributed by atoms with Crippen molar-refractivity contribution in [3.63, 3.8) is 0 Å². The maximum atomic E-state index is 12.2. The second-order valence-corrected chi connectivity index (χ2v) is 7.94. The summed E-state index contributed by atoms with van der Waals surface area (Å²) in [6, 6.07) is 0. The lowest BCUT2D eigenvalue weighted by molar-refractivity contribution is -0.0448. The molecule has 5 heteroatoms. The molecule has 134 valence electrons. The van der Waals surface area contributed by atoms with Crippen LogP contribution in [0.25, 0.3) is 0 Å². The van der Waals surface area contributed by atoms with Gasteiger partial charge in [0.15, 0.2) is 0 Å². The minimum Gasteiger partial charge on any atom is -0.444 e. The van der Waals surface area contributed by atoms with E-state index >= 15 is 0 Å². The summed E-state index contributed by atoms with van der Waals surface area (Å²) in [6.07, 6.45) is 5.39. The van der Waals surface area contributed by atoms with Crippen molar-refractivity contribution in [2.75, 3.05) is 39.3 Å². The van der Waals surface area contributed by atoms with Gasteiger partial charge in [0.1, 0.15) is 5.60 Å². The first-order valence-corrected chi connectivity index (χ1v) is 9.18. The summed E-state index contributed by atoms with van der Waals surface area (Å²) < 4.78 is 11.7. The standard InChI is InChI=1S/C18H34N2O3/c1-5-18(22-14-8-12-19-10-6-7-11-19)9-13-20(15-18)16(21)23-17(2,3)4/h5-15H2,1-4H3. The molecule has 0 radical (unpaired) electrons. The molecule has 1 unspecified atom stereocenters. The van der Waals surface area contributed by atoms with Gasteiger partial charge in [0.25, 0.3) is 0 Å². The Balaban J connectivity index is 1.74. The van der Waals surface area contributed by atoms with E-state index in [1.165, 1.54) is 25.9 Å². The van der Waals surface area contributed by atoms with Crippen molar-refractivity contribution in [2.45, 2.75) is 71.0 Å². The third-order valence-corrected chi connectivity index (χ3v) is 4.84. The fourth-order valence-electron chi connectivity index (χ4n) is 3.42. The Hall–Kier alpha value is -0.810. The highest BCUT2D eigenvalue weighted by Gasteiger charge is 2.40. The number of ether oxygens (including phenoxy) is 2. The molecular weight excluding hydrogens is 292 g/mol. The van der Waals surface area contributed by atoms with Gasteiger partial charge in [-0.1, -0.05) is 6.92 Å². The van der Waals surface area contributed by atoms with Crippen molar-refractivity contribution >= 4 is 6.09 Å². The number of rotatable bonds is 6. The number of amides is 1. The molecule has 2 rings (SSSR count). The second kappa shape index (κ2) is 7.84. The van der Waals surface area contributed by atoms with Crippen LogP contribution < -0.4 is 0 Å². The lowest BCUT2D eigenvalue weighted by atomic mass is 10.00. The number of carbonyl (C=O) groups is 1. The number of hydrogen-bond acceptors (Lipinski definition) is 4. The van der Waals surface area contributed by atoms with Crippen LogP contribution in [0.3, 0.4) is 0 Å². The lowest BCUT2D eigenvalue weighted by Crippen LogP contribution is -2.40. The van der Waals surface area contributed by atoms with Crippen molar-refractivity contribution in [2.24, 2.45) is 0 Å². The largest absolute Gasteiger partial charge is 0.444 e. The fraction of sp³-hybridized carbons (Fsp3) is 0.944. The van der Waals surface area contributed by atoms with Crippen molar-refractivity contribution < 1.29 is 14.3 Å². The molecule has 0 aromatic rings. The molecule has 0 aliphatic carbocycles. The molecule has 2 heterocycles. The van der Waals surface area contributed by atoms with E-state index in [-0.39, 0.29) is 11.7 Å². The van der Waals surface area contributed by atoms with Crippen molar-refractivity contribution in [1.29, 1.82) is 0 Å². The van der Waals surface area contributed by atoms with Crippen LogP contribution in [0.1, 0.15) is 59.8 Å². The maximum Gasteiger partial charge on any atom is 0.410 e. The summed E-state index contributed by atoms with van der Waals surface area (Å²) in [5.74, 6) is 0. The first kappa shape index (κ1) is 18.5. The molecule has 2 fully saturated rings. The van der Waals surface area contributed by atoms with E-state index in [2.05, 4.69) is 11.8 Å². The molecule has 0 aromatic carbocycles. The van der Waals surface area contributed by atoms with E-state index in [0.717, 1.165) is 39.0 Å². The fourth-order valence-corrected chi connectivity index (χ4v) is 3.42. The minimum atomic E-state index is -0.439. The van der Waals surface area contributed by atoms with Gasteiger partial charge in [0.2, 0.25) is 0 Å². The van der Waals surface area contributed by atoms with Gasteiger partial charge in [-0.05, 0) is 66.0 Å². The van der Waals surface area contributed by atoms with E-state index < -0.39 is 5.60 Å². The molecule has 0 saturated carbocycles. The maximum absolute atomic E-state index is 12.2. The molecule has 0 spiro atoms. The second-order valence-electron chi connectivity index (χ2n) is 7.94. The summed E-state index contributed by atoms with van der Waals surface area (Å²) in [7, 11) is 0. The Morgan fingerprint density at radius 2 is 1.87 bits per heavy atom. The Morgan fingerprint density at radius 3 is 2.48 bits per heavy atom. The highest BCUT2D eigenvalue weighted by atomic mass is 16.6. The summed E-state index contributed by atoms with van der Waals surface area (Å²) in [4.78, 5) is 16.5. The van der Waals surface area contributed by atoms with Gasteiger partial charge in [-0.2, -0.15) is 0 Å². The van der Waals surface area contributed by atoms with Crippen molar-refractivity contribution in [3.05, 3.63) is 0 Å². The Morgan fingerprint density at radius 1 is 1.17 bits per heavy atom. The van der Waals surface area contributed by atoms with Crippen molar-refractivity contribution in [3.8, 4) is 0 Å².